The summed E-state index contributed by atoms with van der Waals surface area (Å²) in [4.78, 5) is 13.0. The fourth-order valence-corrected chi connectivity index (χ4v) is 5.31. The number of hydrogen-bond donors (Lipinski definition) is 1. The predicted octanol–water partition coefficient (Wildman–Crippen LogP) is 4.16. The van der Waals surface area contributed by atoms with Crippen LogP contribution in [-0.4, -0.2) is 38.8 Å². The van der Waals surface area contributed by atoms with Crippen molar-refractivity contribution in [2.75, 3.05) is 25.5 Å². The van der Waals surface area contributed by atoms with Crippen molar-refractivity contribution in [2.24, 2.45) is 0 Å². The van der Waals surface area contributed by atoms with Crippen molar-refractivity contribution in [2.45, 2.75) is 44.4 Å². The molecule has 7 heteroatoms. The summed E-state index contributed by atoms with van der Waals surface area (Å²) < 4.78 is 32.8. The van der Waals surface area contributed by atoms with Crippen LogP contribution in [0.15, 0.2) is 41.3 Å². The monoisotopic (exact) mass is 416 g/mol. The van der Waals surface area contributed by atoms with Gasteiger partial charge < -0.3 is 10.1 Å². The SMILES string of the molecule is COc1ccc(C(=O)Nc2c(C)cccc2C(C)C)cc1S(=O)(=O)N1CCCC1. The minimum atomic E-state index is -3.71. The second-order valence-corrected chi connectivity index (χ2v) is 9.53. The summed E-state index contributed by atoms with van der Waals surface area (Å²) >= 11 is 0. The molecule has 156 valence electrons. The van der Waals surface area contributed by atoms with Crippen LogP contribution in [0.3, 0.4) is 0 Å². The van der Waals surface area contributed by atoms with Crippen molar-refractivity contribution < 1.29 is 17.9 Å². The first-order valence-corrected chi connectivity index (χ1v) is 11.3. The van der Waals surface area contributed by atoms with E-state index in [1.807, 2.05) is 25.1 Å². The molecule has 3 rings (SSSR count). The Bertz CT molecular complexity index is 1010. The molecule has 0 atom stereocenters. The van der Waals surface area contributed by atoms with Gasteiger partial charge in [0.25, 0.3) is 5.91 Å². The number of benzene rings is 2. The van der Waals surface area contributed by atoms with E-state index in [9.17, 15) is 13.2 Å². The molecule has 1 fully saturated rings. The van der Waals surface area contributed by atoms with Gasteiger partial charge in [-0.2, -0.15) is 4.31 Å². The van der Waals surface area contributed by atoms with Crippen LogP contribution >= 0.6 is 0 Å². The molecule has 2 aromatic rings. The minimum absolute atomic E-state index is 0.0309. The lowest BCUT2D eigenvalue weighted by Gasteiger charge is -2.19. The molecule has 1 N–H and O–H groups in total. The molecule has 0 bridgehead atoms. The topological polar surface area (TPSA) is 75.7 Å². The van der Waals surface area contributed by atoms with E-state index in [0.29, 0.717) is 13.1 Å². The number of amides is 1. The van der Waals surface area contributed by atoms with Crippen LogP contribution in [0.4, 0.5) is 5.69 Å². The average Bonchev–Trinajstić information content (AvgIpc) is 3.24. The Morgan fingerprint density at radius 2 is 1.83 bits per heavy atom. The van der Waals surface area contributed by atoms with Gasteiger partial charge in [0.2, 0.25) is 10.0 Å². The molecule has 0 spiro atoms. The van der Waals surface area contributed by atoms with Gasteiger partial charge in [-0.25, -0.2) is 8.42 Å². The first-order valence-electron chi connectivity index (χ1n) is 9.84. The number of para-hydroxylation sites is 1. The van der Waals surface area contributed by atoms with Crippen LogP contribution in [0.25, 0.3) is 0 Å². The fraction of sp³-hybridized carbons (Fsp3) is 0.409. The number of nitrogens with zero attached hydrogens (tertiary/aromatic N) is 1. The Balaban J connectivity index is 1.97. The van der Waals surface area contributed by atoms with Gasteiger partial charge in [-0.05, 0) is 55.0 Å². The smallest absolute Gasteiger partial charge is 0.255 e. The average molecular weight is 417 g/mol. The van der Waals surface area contributed by atoms with E-state index >= 15 is 0 Å². The summed E-state index contributed by atoms with van der Waals surface area (Å²) in [7, 11) is -2.28. The molecule has 1 aliphatic rings. The molecule has 0 aromatic heterocycles. The van der Waals surface area contributed by atoms with Crippen molar-refractivity contribution in [1.82, 2.24) is 4.31 Å². The van der Waals surface area contributed by atoms with Crippen molar-refractivity contribution in [3.05, 3.63) is 53.1 Å². The zero-order valence-corrected chi connectivity index (χ0v) is 18.2. The molecule has 1 amide bonds. The number of hydrogen-bond acceptors (Lipinski definition) is 4. The Morgan fingerprint density at radius 3 is 2.45 bits per heavy atom. The standard InChI is InChI=1S/C22H28N2O4S/c1-15(2)18-9-7-8-16(3)21(18)23-22(25)17-10-11-19(28-4)20(14-17)29(26,27)24-12-5-6-13-24/h7-11,14-15H,5-6,12-13H2,1-4H3,(H,23,25). The maximum atomic E-state index is 13.1. The van der Waals surface area contributed by atoms with E-state index in [0.717, 1.165) is 29.7 Å². The Hall–Kier alpha value is -2.38. The molecular formula is C22H28N2O4S. The number of nitrogens with one attached hydrogen (secondary N) is 1. The van der Waals surface area contributed by atoms with E-state index in [1.54, 1.807) is 12.1 Å². The molecular weight excluding hydrogens is 388 g/mol. The molecule has 1 saturated heterocycles. The largest absolute Gasteiger partial charge is 0.495 e. The van der Waals surface area contributed by atoms with Gasteiger partial charge in [-0.15, -0.1) is 0 Å². The molecule has 2 aromatic carbocycles. The summed E-state index contributed by atoms with van der Waals surface area (Å²) in [6.45, 7) is 7.06. The lowest BCUT2D eigenvalue weighted by Crippen LogP contribution is -2.28. The van der Waals surface area contributed by atoms with Crippen molar-refractivity contribution >= 4 is 21.6 Å². The molecule has 0 saturated carbocycles. The highest BCUT2D eigenvalue weighted by molar-refractivity contribution is 7.89. The fourth-order valence-electron chi connectivity index (χ4n) is 3.62. The zero-order valence-electron chi connectivity index (χ0n) is 17.4. The molecule has 1 heterocycles. The summed E-state index contributed by atoms with van der Waals surface area (Å²) in [5.74, 6) is 0.140. The van der Waals surface area contributed by atoms with E-state index in [4.69, 9.17) is 4.74 Å². The molecule has 29 heavy (non-hydrogen) atoms. The van der Waals surface area contributed by atoms with Crippen molar-refractivity contribution in [3.63, 3.8) is 0 Å². The van der Waals surface area contributed by atoms with Gasteiger partial charge >= 0.3 is 0 Å². The summed E-state index contributed by atoms with van der Waals surface area (Å²) in [5, 5.41) is 2.97. The van der Waals surface area contributed by atoms with E-state index in [1.165, 1.54) is 17.5 Å². The third-order valence-corrected chi connectivity index (χ3v) is 7.19. The zero-order chi connectivity index (χ0) is 21.2. The lowest BCUT2D eigenvalue weighted by atomic mass is 9.98. The van der Waals surface area contributed by atoms with Gasteiger partial charge in [0.1, 0.15) is 10.6 Å². The Labute approximate surface area is 172 Å². The number of aryl methyl sites for hydroxylation is 1. The van der Waals surface area contributed by atoms with Crippen molar-refractivity contribution in [1.29, 1.82) is 0 Å². The van der Waals surface area contributed by atoms with Crippen LogP contribution in [0.2, 0.25) is 0 Å². The highest BCUT2D eigenvalue weighted by Crippen LogP contribution is 2.31. The molecule has 0 aliphatic carbocycles. The molecule has 1 aliphatic heterocycles. The molecule has 0 unspecified atom stereocenters. The number of carbonyl (C=O) groups excluding carboxylic acids is 1. The normalized spacial score (nSPS) is 14.9. The number of sulfonamides is 1. The van der Waals surface area contributed by atoms with Crippen LogP contribution in [0.5, 0.6) is 5.75 Å². The highest BCUT2D eigenvalue weighted by atomic mass is 32.2. The first-order chi connectivity index (χ1) is 13.8. The minimum Gasteiger partial charge on any atom is -0.495 e. The third kappa shape index (κ3) is 4.31. The van der Waals surface area contributed by atoms with Gasteiger partial charge in [0, 0.05) is 24.3 Å². The van der Waals surface area contributed by atoms with Gasteiger partial charge in [0.15, 0.2) is 0 Å². The highest BCUT2D eigenvalue weighted by Gasteiger charge is 2.30. The number of ether oxygens (including phenoxy) is 1. The number of methoxy groups -OCH3 is 1. The van der Waals surface area contributed by atoms with Gasteiger partial charge in [-0.3, -0.25) is 4.79 Å². The predicted molar refractivity (Wildman–Crippen MR) is 114 cm³/mol. The van der Waals surface area contributed by atoms with Crippen LogP contribution in [0, 0.1) is 6.92 Å². The molecule has 6 nitrogen and oxygen atoms in total. The summed E-state index contributed by atoms with van der Waals surface area (Å²) in [6.07, 6.45) is 1.68. The van der Waals surface area contributed by atoms with E-state index < -0.39 is 10.0 Å². The van der Waals surface area contributed by atoms with Crippen LogP contribution < -0.4 is 10.1 Å². The Kier molecular flexibility index (Phi) is 6.29. The third-order valence-electron chi connectivity index (χ3n) is 5.27. The van der Waals surface area contributed by atoms with E-state index in [2.05, 4.69) is 19.2 Å². The maximum Gasteiger partial charge on any atom is 0.255 e. The molecule has 0 radical (unpaired) electrons. The number of anilines is 1. The van der Waals surface area contributed by atoms with Crippen LogP contribution in [0.1, 0.15) is 54.1 Å². The number of rotatable bonds is 6. The van der Waals surface area contributed by atoms with Gasteiger partial charge in [0.05, 0.1) is 7.11 Å². The number of carbonyl (C=O) groups is 1. The van der Waals surface area contributed by atoms with Crippen molar-refractivity contribution in [3.8, 4) is 5.75 Å². The summed E-state index contributed by atoms with van der Waals surface area (Å²) in [5.41, 5.74) is 3.05. The summed E-state index contributed by atoms with van der Waals surface area (Å²) in [6, 6.07) is 10.4. The quantitative estimate of drug-likeness (QED) is 0.767. The first kappa shape index (κ1) is 21.3. The van der Waals surface area contributed by atoms with E-state index in [-0.39, 0.29) is 28.0 Å². The van der Waals surface area contributed by atoms with Gasteiger partial charge in [-0.1, -0.05) is 32.0 Å². The Morgan fingerprint density at radius 1 is 1.14 bits per heavy atom. The second-order valence-electron chi connectivity index (χ2n) is 7.62. The van der Waals surface area contributed by atoms with Crippen LogP contribution in [-0.2, 0) is 10.0 Å². The lowest BCUT2D eigenvalue weighted by molar-refractivity contribution is 0.102. The second kappa shape index (κ2) is 8.55. The maximum absolute atomic E-state index is 13.1.